The number of piperazine rings is 1. The zero-order chi connectivity index (χ0) is 25.6. The molecule has 2 heterocycles. The van der Waals surface area contributed by atoms with Gasteiger partial charge < -0.3 is 10.6 Å². The normalized spacial score (nSPS) is 16.5. The Morgan fingerprint density at radius 3 is 2.31 bits per heavy atom. The van der Waals surface area contributed by atoms with Crippen LogP contribution in [0.15, 0.2) is 41.2 Å². The zero-order valence-electron chi connectivity index (χ0n) is 19.3. The number of carbonyl (C=O) groups is 3. The van der Waals surface area contributed by atoms with Crippen molar-refractivity contribution in [1.82, 2.24) is 14.8 Å². The smallest absolute Gasteiger partial charge is 0.340 e. The van der Waals surface area contributed by atoms with Gasteiger partial charge in [-0.05, 0) is 18.9 Å². The standard InChI is InChI=1S/C23H28F3N5O3S/c1-16(27)21(33)31(19-13-35-15-28-19)22(34)18(11-17-5-3-2-4-6-17)12-20(32)30-9-7-29(8-10-30)14-23(24,25)26/h2-6,13,15-16,18H,7-12,14,27H2,1H3/t16-,18?/m1/s1. The topological polar surface area (TPSA) is 99.8 Å². The number of aromatic nitrogens is 1. The van der Waals surface area contributed by atoms with Crippen LogP contribution in [0.1, 0.15) is 18.9 Å². The van der Waals surface area contributed by atoms with Crippen LogP contribution in [-0.2, 0) is 20.8 Å². The molecule has 3 rings (SSSR count). The number of halogens is 3. The van der Waals surface area contributed by atoms with Gasteiger partial charge in [-0.1, -0.05) is 30.3 Å². The van der Waals surface area contributed by atoms with Gasteiger partial charge in [-0.15, -0.1) is 11.3 Å². The molecule has 0 saturated carbocycles. The van der Waals surface area contributed by atoms with Gasteiger partial charge in [0, 0.05) is 38.0 Å². The molecule has 0 aliphatic carbocycles. The van der Waals surface area contributed by atoms with Crippen LogP contribution < -0.4 is 10.6 Å². The highest BCUT2D eigenvalue weighted by atomic mass is 32.1. The van der Waals surface area contributed by atoms with Crippen LogP contribution in [0.4, 0.5) is 19.0 Å². The highest BCUT2D eigenvalue weighted by Gasteiger charge is 2.36. The average Bonchev–Trinajstić information content (AvgIpc) is 3.33. The number of amides is 3. The van der Waals surface area contributed by atoms with Gasteiger partial charge in [-0.2, -0.15) is 13.2 Å². The van der Waals surface area contributed by atoms with E-state index in [1.807, 2.05) is 30.3 Å². The van der Waals surface area contributed by atoms with E-state index in [0.717, 1.165) is 10.5 Å². The summed E-state index contributed by atoms with van der Waals surface area (Å²) in [7, 11) is 0. The third-order valence-corrected chi connectivity index (χ3v) is 6.28. The maximum absolute atomic E-state index is 13.6. The van der Waals surface area contributed by atoms with Gasteiger partial charge in [0.05, 0.1) is 24.0 Å². The summed E-state index contributed by atoms with van der Waals surface area (Å²) in [6.07, 6.45) is -4.29. The fourth-order valence-corrected chi connectivity index (χ4v) is 4.45. The number of anilines is 1. The van der Waals surface area contributed by atoms with E-state index in [1.54, 1.807) is 5.38 Å². The number of thiazole rings is 1. The number of nitrogens with zero attached hydrogens (tertiary/aromatic N) is 4. The van der Waals surface area contributed by atoms with E-state index in [0.29, 0.717) is 0 Å². The van der Waals surface area contributed by atoms with Crippen LogP contribution in [0.25, 0.3) is 0 Å². The van der Waals surface area contributed by atoms with Crippen LogP contribution >= 0.6 is 11.3 Å². The Morgan fingerprint density at radius 2 is 1.77 bits per heavy atom. The summed E-state index contributed by atoms with van der Waals surface area (Å²) >= 11 is 1.21. The molecule has 190 valence electrons. The summed E-state index contributed by atoms with van der Waals surface area (Å²) in [5.74, 6) is -2.31. The molecule has 1 aromatic carbocycles. The van der Waals surface area contributed by atoms with Crippen LogP contribution in [0.2, 0.25) is 0 Å². The van der Waals surface area contributed by atoms with Gasteiger partial charge in [-0.3, -0.25) is 19.3 Å². The van der Waals surface area contributed by atoms with Crippen molar-refractivity contribution >= 4 is 34.9 Å². The van der Waals surface area contributed by atoms with Gasteiger partial charge in [-0.25, -0.2) is 9.88 Å². The SMILES string of the molecule is C[C@@H](N)C(=O)N(C(=O)C(CC(=O)N1CCN(CC(F)(F)F)CC1)Cc1ccccc1)c1cscn1. The molecule has 2 aromatic rings. The molecular weight excluding hydrogens is 483 g/mol. The lowest BCUT2D eigenvalue weighted by Crippen LogP contribution is -2.52. The van der Waals surface area contributed by atoms with Crippen LogP contribution in [0.5, 0.6) is 0 Å². The van der Waals surface area contributed by atoms with Gasteiger partial charge in [0.15, 0.2) is 5.82 Å². The van der Waals surface area contributed by atoms with Crippen molar-refractivity contribution in [2.24, 2.45) is 11.7 Å². The number of hydrogen-bond donors (Lipinski definition) is 1. The molecule has 8 nitrogen and oxygen atoms in total. The van der Waals surface area contributed by atoms with Crippen LogP contribution in [0.3, 0.4) is 0 Å². The molecule has 1 saturated heterocycles. The maximum atomic E-state index is 13.6. The monoisotopic (exact) mass is 511 g/mol. The van der Waals surface area contributed by atoms with E-state index in [1.165, 1.54) is 33.6 Å². The largest absolute Gasteiger partial charge is 0.401 e. The van der Waals surface area contributed by atoms with E-state index < -0.39 is 36.5 Å². The zero-order valence-corrected chi connectivity index (χ0v) is 20.1. The molecule has 0 spiro atoms. The third kappa shape index (κ3) is 7.58. The highest BCUT2D eigenvalue weighted by Crippen LogP contribution is 2.24. The first-order valence-corrected chi connectivity index (χ1v) is 12.1. The van der Waals surface area contributed by atoms with Crippen molar-refractivity contribution in [1.29, 1.82) is 0 Å². The Morgan fingerprint density at radius 1 is 1.11 bits per heavy atom. The number of hydrogen-bond acceptors (Lipinski definition) is 7. The van der Waals surface area contributed by atoms with E-state index in [-0.39, 0.29) is 50.7 Å². The van der Waals surface area contributed by atoms with E-state index in [9.17, 15) is 27.6 Å². The first kappa shape index (κ1) is 26.8. The Labute approximate surface area is 205 Å². The fourth-order valence-electron chi connectivity index (χ4n) is 3.93. The Kier molecular flexibility index (Phi) is 8.98. The molecule has 35 heavy (non-hydrogen) atoms. The summed E-state index contributed by atoms with van der Waals surface area (Å²) < 4.78 is 38.0. The number of imide groups is 1. The van der Waals surface area contributed by atoms with Crippen molar-refractivity contribution in [3.63, 3.8) is 0 Å². The number of carbonyl (C=O) groups excluding carboxylic acids is 3. The highest BCUT2D eigenvalue weighted by molar-refractivity contribution is 7.08. The van der Waals surface area contributed by atoms with E-state index in [2.05, 4.69) is 4.98 Å². The summed E-state index contributed by atoms with van der Waals surface area (Å²) in [6, 6.07) is 8.12. The first-order chi connectivity index (χ1) is 16.5. The average molecular weight is 512 g/mol. The molecule has 3 amide bonds. The second-order valence-corrected chi connectivity index (χ2v) is 9.23. The Hall–Kier alpha value is -2.83. The number of benzene rings is 1. The second-order valence-electron chi connectivity index (χ2n) is 8.51. The Balaban J connectivity index is 1.77. The molecule has 1 unspecified atom stereocenters. The third-order valence-electron chi connectivity index (χ3n) is 5.70. The lowest BCUT2D eigenvalue weighted by atomic mass is 9.93. The van der Waals surface area contributed by atoms with Crippen molar-refractivity contribution in [3.05, 3.63) is 46.8 Å². The lowest BCUT2D eigenvalue weighted by molar-refractivity contribution is -0.152. The molecule has 1 fully saturated rings. The summed E-state index contributed by atoms with van der Waals surface area (Å²) in [5.41, 5.74) is 8.07. The van der Waals surface area contributed by atoms with Crippen LogP contribution in [0, 0.1) is 5.92 Å². The molecule has 12 heteroatoms. The predicted octanol–water partition coefficient (Wildman–Crippen LogP) is 2.31. The van der Waals surface area contributed by atoms with Crippen LogP contribution in [-0.4, -0.2) is 77.4 Å². The number of nitrogens with two attached hydrogens (primary N) is 1. The lowest BCUT2D eigenvalue weighted by Gasteiger charge is -2.35. The van der Waals surface area contributed by atoms with Crippen molar-refractivity contribution in [2.45, 2.75) is 32.0 Å². The summed E-state index contributed by atoms with van der Waals surface area (Å²) in [6.45, 7) is 0.900. The summed E-state index contributed by atoms with van der Waals surface area (Å²) in [5, 5.41) is 1.56. The quantitative estimate of drug-likeness (QED) is 0.584. The maximum Gasteiger partial charge on any atom is 0.401 e. The molecule has 1 aliphatic heterocycles. The number of rotatable bonds is 8. The molecule has 1 aromatic heterocycles. The summed E-state index contributed by atoms with van der Waals surface area (Å²) in [4.78, 5) is 47.3. The van der Waals surface area contributed by atoms with Crippen molar-refractivity contribution in [2.75, 3.05) is 37.6 Å². The predicted molar refractivity (Wildman–Crippen MR) is 126 cm³/mol. The minimum absolute atomic E-state index is 0.0939. The van der Waals surface area contributed by atoms with Gasteiger partial charge in [0.25, 0.3) is 5.91 Å². The van der Waals surface area contributed by atoms with Gasteiger partial charge in [0.1, 0.15) is 0 Å². The van der Waals surface area contributed by atoms with Crippen molar-refractivity contribution in [3.8, 4) is 0 Å². The molecule has 1 aliphatic rings. The minimum Gasteiger partial charge on any atom is -0.340 e. The molecule has 0 bridgehead atoms. The van der Waals surface area contributed by atoms with Gasteiger partial charge in [0.2, 0.25) is 11.8 Å². The van der Waals surface area contributed by atoms with Crippen molar-refractivity contribution < 1.29 is 27.6 Å². The molecular formula is C23H28F3N5O3S. The fraction of sp³-hybridized carbons (Fsp3) is 0.478. The van der Waals surface area contributed by atoms with E-state index in [4.69, 9.17) is 5.73 Å². The molecule has 2 N–H and O–H groups in total. The number of alkyl halides is 3. The molecule has 2 atom stereocenters. The first-order valence-electron chi connectivity index (χ1n) is 11.2. The second kappa shape index (κ2) is 11.7. The van der Waals surface area contributed by atoms with E-state index >= 15 is 0 Å². The van der Waals surface area contributed by atoms with Gasteiger partial charge >= 0.3 is 6.18 Å². The minimum atomic E-state index is -4.30. The Bertz CT molecular complexity index is 994. The molecule has 0 radical (unpaired) electrons.